The first-order valence-electron chi connectivity index (χ1n) is 5.75. The third-order valence-corrected chi connectivity index (χ3v) is 2.43. The molecule has 0 saturated carbocycles. The molecule has 2 heterocycles. The standard InChI is InChI=1S/C9H11N7O6/c1-4(11-19-8-5(2)15(17)21-13-8)7(10)12-20-9-6(3)16(18)22-14-9/h1-3H3,(H2,10,12)/b11-4+. The molecule has 0 aromatic carbocycles. The van der Waals surface area contributed by atoms with E-state index < -0.39 is 0 Å². The Kier molecular flexibility index (Phi) is 4.06. The number of nitrogens with zero attached hydrogens (tertiary/aromatic N) is 6. The molecular formula is C9H11N7O6. The highest BCUT2D eigenvalue weighted by molar-refractivity contribution is 6.39. The zero-order valence-corrected chi connectivity index (χ0v) is 11.7. The van der Waals surface area contributed by atoms with E-state index >= 15 is 0 Å². The molecule has 0 aliphatic carbocycles. The third kappa shape index (κ3) is 3.02. The van der Waals surface area contributed by atoms with Crippen LogP contribution in [0.1, 0.15) is 18.3 Å². The maximum absolute atomic E-state index is 11.0. The van der Waals surface area contributed by atoms with Gasteiger partial charge >= 0.3 is 11.8 Å². The summed E-state index contributed by atoms with van der Waals surface area (Å²) in [5.74, 6) is -0.426. The van der Waals surface area contributed by atoms with Crippen LogP contribution in [0.4, 0.5) is 0 Å². The highest BCUT2D eigenvalue weighted by Gasteiger charge is 2.18. The first-order valence-corrected chi connectivity index (χ1v) is 5.75. The number of nitrogens with two attached hydrogens (primary N) is 1. The number of aromatic nitrogens is 4. The van der Waals surface area contributed by atoms with E-state index in [1.54, 1.807) is 0 Å². The van der Waals surface area contributed by atoms with Crippen molar-refractivity contribution in [1.82, 2.24) is 10.3 Å². The average Bonchev–Trinajstić information content (AvgIpc) is 2.99. The summed E-state index contributed by atoms with van der Waals surface area (Å²) < 4.78 is 8.57. The van der Waals surface area contributed by atoms with Crippen LogP contribution in [0.2, 0.25) is 0 Å². The second kappa shape index (κ2) is 5.94. The van der Waals surface area contributed by atoms with Crippen molar-refractivity contribution in [3.8, 4) is 11.8 Å². The van der Waals surface area contributed by atoms with Crippen molar-refractivity contribution in [2.45, 2.75) is 20.8 Å². The van der Waals surface area contributed by atoms with Crippen molar-refractivity contribution in [3.05, 3.63) is 21.8 Å². The van der Waals surface area contributed by atoms with Gasteiger partial charge in [0.15, 0.2) is 5.84 Å². The Labute approximate surface area is 122 Å². The van der Waals surface area contributed by atoms with Gasteiger partial charge in [-0.25, -0.2) is 0 Å². The molecule has 2 aromatic rings. The van der Waals surface area contributed by atoms with E-state index in [1.165, 1.54) is 20.8 Å². The molecule has 0 unspecified atom stereocenters. The fourth-order valence-corrected chi connectivity index (χ4v) is 1.04. The SMILES string of the molecule is CC(=N\Oc1no[n+]([O-])c1C)/C(N)=N/Oc1no[n+]([O-])c1C. The molecule has 2 aromatic heterocycles. The number of oxime groups is 2. The van der Waals surface area contributed by atoms with Crippen molar-refractivity contribution in [1.29, 1.82) is 0 Å². The highest BCUT2D eigenvalue weighted by atomic mass is 16.8. The predicted octanol–water partition coefficient (Wildman–Crippen LogP) is -1.35. The summed E-state index contributed by atoms with van der Waals surface area (Å²) in [6.07, 6.45) is 0. The van der Waals surface area contributed by atoms with Crippen LogP contribution < -0.4 is 25.2 Å². The molecule has 0 saturated heterocycles. The topological polar surface area (TPSA) is 175 Å². The predicted molar refractivity (Wildman–Crippen MR) is 66.4 cm³/mol. The third-order valence-electron chi connectivity index (χ3n) is 2.43. The van der Waals surface area contributed by atoms with E-state index in [-0.39, 0.29) is 44.5 Å². The second-order valence-corrected chi connectivity index (χ2v) is 3.98. The molecule has 0 aliphatic rings. The summed E-state index contributed by atoms with van der Waals surface area (Å²) in [4.78, 5) is 10.0. The summed E-state index contributed by atoms with van der Waals surface area (Å²) in [6, 6.07) is 0. The molecule has 0 bridgehead atoms. The van der Waals surface area contributed by atoms with Gasteiger partial charge in [0.2, 0.25) is 11.4 Å². The van der Waals surface area contributed by atoms with Crippen LogP contribution in [0.15, 0.2) is 19.6 Å². The van der Waals surface area contributed by atoms with Gasteiger partial charge in [0.05, 0.1) is 10.3 Å². The van der Waals surface area contributed by atoms with Crippen LogP contribution >= 0.6 is 0 Å². The summed E-state index contributed by atoms with van der Waals surface area (Å²) in [6.45, 7) is 4.31. The molecule has 0 aliphatic heterocycles. The summed E-state index contributed by atoms with van der Waals surface area (Å²) in [5, 5.41) is 35.7. The van der Waals surface area contributed by atoms with Crippen molar-refractivity contribution < 1.29 is 28.7 Å². The lowest BCUT2D eigenvalue weighted by Crippen LogP contribution is -2.26. The van der Waals surface area contributed by atoms with E-state index in [1.807, 2.05) is 0 Å². The normalized spacial score (nSPS) is 12.5. The Hall–Kier alpha value is -3.38. The Morgan fingerprint density at radius 1 is 1.05 bits per heavy atom. The summed E-state index contributed by atoms with van der Waals surface area (Å²) in [5.41, 5.74) is 5.87. The van der Waals surface area contributed by atoms with Crippen LogP contribution in [0.25, 0.3) is 0 Å². The van der Waals surface area contributed by atoms with Gasteiger partial charge in [-0.1, -0.05) is 10.3 Å². The van der Waals surface area contributed by atoms with Gasteiger partial charge in [-0.3, -0.25) is 9.26 Å². The lowest BCUT2D eigenvalue weighted by molar-refractivity contribution is -0.807. The molecule has 0 radical (unpaired) electrons. The number of rotatable bonds is 5. The number of hydrogen-bond acceptors (Lipinski definition) is 10. The van der Waals surface area contributed by atoms with Crippen LogP contribution in [0.3, 0.4) is 0 Å². The Morgan fingerprint density at radius 2 is 1.50 bits per heavy atom. The highest BCUT2D eigenvalue weighted by Crippen LogP contribution is 2.10. The van der Waals surface area contributed by atoms with Crippen LogP contribution in [-0.2, 0) is 0 Å². The zero-order chi connectivity index (χ0) is 16.3. The van der Waals surface area contributed by atoms with E-state index in [0.29, 0.717) is 0 Å². The maximum Gasteiger partial charge on any atom is 0.423 e. The molecule has 0 atom stereocenters. The van der Waals surface area contributed by atoms with Crippen molar-refractivity contribution in [2.75, 3.05) is 0 Å². The minimum Gasteiger partial charge on any atom is -0.379 e. The van der Waals surface area contributed by atoms with Gasteiger partial charge in [0.25, 0.3) is 0 Å². The average molecular weight is 313 g/mol. The zero-order valence-electron chi connectivity index (χ0n) is 11.7. The van der Waals surface area contributed by atoms with Gasteiger partial charge < -0.3 is 25.8 Å². The minimum atomic E-state index is -0.156. The van der Waals surface area contributed by atoms with Crippen LogP contribution in [0, 0.1) is 24.3 Å². The van der Waals surface area contributed by atoms with Gasteiger partial charge in [-0.2, -0.15) is 0 Å². The molecule has 2 N–H and O–H groups in total. The minimum absolute atomic E-state index is 0.0700. The molecule has 2 rings (SSSR count). The second-order valence-electron chi connectivity index (χ2n) is 3.98. The first kappa shape index (κ1) is 15.0. The summed E-state index contributed by atoms with van der Waals surface area (Å²) in [7, 11) is 0. The molecule has 0 amide bonds. The quantitative estimate of drug-likeness (QED) is 0.302. The van der Waals surface area contributed by atoms with E-state index in [4.69, 9.17) is 15.4 Å². The fraction of sp³-hybridized carbons (Fsp3) is 0.333. The van der Waals surface area contributed by atoms with E-state index in [9.17, 15) is 10.4 Å². The Morgan fingerprint density at radius 3 is 1.91 bits per heavy atom. The smallest absolute Gasteiger partial charge is 0.379 e. The monoisotopic (exact) mass is 313 g/mol. The number of hydrogen-bond donors (Lipinski definition) is 1. The van der Waals surface area contributed by atoms with Gasteiger partial charge in [-0.05, 0) is 16.7 Å². The lowest BCUT2D eigenvalue weighted by Gasteiger charge is -1.97. The number of amidine groups is 1. The van der Waals surface area contributed by atoms with Gasteiger partial charge in [0.1, 0.15) is 5.71 Å². The van der Waals surface area contributed by atoms with Crippen molar-refractivity contribution >= 4 is 11.5 Å². The lowest BCUT2D eigenvalue weighted by atomic mass is 10.4. The molecule has 13 nitrogen and oxygen atoms in total. The molecule has 0 spiro atoms. The summed E-state index contributed by atoms with van der Waals surface area (Å²) >= 11 is 0. The molecule has 13 heteroatoms. The molecule has 0 fully saturated rings. The Balaban J connectivity index is 2.03. The molecule has 22 heavy (non-hydrogen) atoms. The van der Waals surface area contributed by atoms with Crippen molar-refractivity contribution in [2.24, 2.45) is 16.0 Å². The van der Waals surface area contributed by atoms with Crippen LogP contribution in [-0.4, -0.2) is 21.9 Å². The maximum atomic E-state index is 11.0. The van der Waals surface area contributed by atoms with Crippen molar-refractivity contribution in [3.63, 3.8) is 0 Å². The van der Waals surface area contributed by atoms with Crippen LogP contribution in [0.5, 0.6) is 11.8 Å². The fourth-order valence-electron chi connectivity index (χ4n) is 1.04. The largest absolute Gasteiger partial charge is 0.423 e. The molecular weight excluding hydrogens is 302 g/mol. The Bertz CT molecular complexity index is 671. The van der Waals surface area contributed by atoms with Gasteiger partial charge in [-0.15, -0.1) is 0 Å². The first-order chi connectivity index (χ1) is 10.4. The molecule has 118 valence electrons. The van der Waals surface area contributed by atoms with E-state index in [0.717, 1.165) is 0 Å². The van der Waals surface area contributed by atoms with Gasteiger partial charge in [0, 0.05) is 13.8 Å². The van der Waals surface area contributed by atoms with E-state index in [2.05, 4.69) is 29.9 Å².